The van der Waals surface area contributed by atoms with E-state index in [1.807, 2.05) is 19.1 Å². The Morgan fingerprint density at radius 1 is 1.06 bits per heavy atom. The highest BCUT2D eigenvalue weighted by Gasteiger charge is 2.49. The molecule has 0 amide bonds. The number of hydrogen-bond acceptors (Lipinski definition) is 12. The van der Waals surface area contributed by atoms with Gasteiger partial charge in [0.1, 0.15) is 35.6 Å². The number of benzene rings is 1. The topological polar surface area (TPSA) is 149 Å². The summed E-state index contributed by atoms with van der Waals surface area (Å²) in [7, 11) is 1.50. The minimum Gasteiger partial charge on any atom is -0.463 e. The molecule has 17 heteroatoms. The summed E-state index contributed by atoms with van der Waals surface area (Å²) >= 11 is 1.29. The number of halogens is 3. The number of aliphatic hydroxyl groups is 1. The maximum Gasteiger partial charge on any atom is 0.302 e. The van der Waals surface area contributed by atoms with E-state index in [0.717, 1.165) is 12.1 Å². The second kappa shape index (κ2) is 14.1. The van der Waals surface area contributed by atoms with Crippen molar-refractivity contribution >= 4 is 17.7 Å². The molecule has 8 atom stereocenters. The summed E-state index contributed by atoms with van der Waals surface area (Å²) in [6.07, 6.45) is 2.59. The number of thioether (sulfide) groups is 1. The lowest BCUT2D eigenvalue weighted by Crippen LogP contribution is -2.54. The van der Waals surface area contributed by atoms with E-state index in [2.05, 4.69) is 25.6 Å². The third-order valence-corrected chi connectivity index (χ3v) is 9.70. The molecule has 0 saturated carbocycles. The van der Waals surface area contributed by atoms with Crippen molar-refractivity contribution in [2.75, 3.05) is 26.9 Å². The third-order valence-electron chi connectivity index (χ3n) is 8.29. The first kappa shape index (κ1) is 33.0. The van der Waals surface area contributed by atoms with Crippen molar-refractivity contribution in [2.24, 2.45) is 5.92 Å². The van der Waals surface area contributed by atoms with Crippen LogP contribution in [0.4, 0.5) is 13.2 Å². The molecular weight excluding hydrogens is 643 g/mol. The summed E-state index contributed by atoms with van der Waals surface area (Å²) in [5.41, 5.74) is 0.563. The van der Waals surface area contributed by atoms with Crippen molar-refractivity contribution in [3.05, 3.63) is 66.4 Å². The lowest BCUT2D eigenvalue weighted by Gasteiger charge is -2.46. The number of esters is 1. The standard InChI is InChI=1S/C30H32F3N7O6S/c1-15-24(13-45-16(2)41)46-30(29(43-3)27(15)40-10-21(35-38-40)17-8-18(31)26(33)19(32)9-17)47-25-14-44-12-23(28(25)42)39-11-22(36-37-39)20-6-4-5-7-34-20/h4-11,15,23-25,27-30,42H,12-14H2,1-3H3. The van der Waals surface area contributed by atoms with E-state index < -0.39 is 64.5 Å². The maximum atomic E-state index is 14.0. The van der Waals surface area contributed by atoms with Gasteiger partial charge in [0.15, 0.2) is 17.5 Å². The van der Waals surface area contributed by atoms with Crippen molar-refractivity contribution < 1.29 is 42.0 Å². The summed E-state index contributed by atoms with van der Waals surface area (Å²) in [5, 5.41) is 27.8. The second-order valence-corrected chi connectivity index (χ2v) is 12.6. The van der Waals surface area contributed by atoms with Gasteiger partial charge in [-0.3, -0.25) is 9.78 Å². The Kier molecular flexibility index (Phi) is 9.88. The predicted molar refractivity (Wildman–Crippen MR) is 160 cm³/mol. The number of hydrogen-bond donors (Lipinski definition) is 1. The number of pyridine rings is 1. The fraction of sp³-hybridized carbons (Fsp3) is 0.467. The zero-order valence-corrected chi connectivity index (χ0v) is 26.3. The molecule has 1 aromatic carbocycles. The molecule has 6 rings (SSSR count). The van der Waals surface area contributed by atoms with Crippen LogP contribution in [-0.4, -0.2) is 102 Å². The number of carbonyl (C=O) groups is 1. The fourth-order valence-corrected chi connectivity index (χ4v) is 7.29. The average molecular weight is 676 g/mol. The van der Waals surface area contributed by atoms with E-state index in [1.54, 1.807) is 23.1 Å². The van der Waals surface area contributed by atoms with Crippen molar-refractivity contribution in [1.82, 2.24) is 35.0 Å². The Morgan fingerprint density at radius 3 is 2.49 bits per heavy atom. The van der Waals surface area contributed by atoms with Crippen molar-refractivity contribution in [2.45, 2.75) is 54.9 Å². The number of aromatic nitrogens is 7. The van der Waals surface area contributed by atoms with E-state index >= 15 is 0 Å². The first-order valence-electron chi connectivity index (χ1n) is 14.8. The Morgan fingerprint density at radius 2 is 1.79 bits per heavy atom. The third kappa shape index (κ3) is 6.89. The molecule has 0 aliphatic carbocycles. The van der Waals surface area contributed by atoms with Gasteiger partial charge in [0.2, 0.25) is 0 Å². The highest BCUT2D eigenvalue weighted by molar-refractivity contribution is 8.00. The van der Waals surface area contributed by atoms with Crippen LogP contribution >= 0.6 is 11.8 Å². The molecule has 1 N–H and O–H groups in total. The zero-order chi connectivity index (χ0) is 33.2. The number of aliphatic hydroxyl groups excluding tert-OH is 1. The summed E-state index contributed by atoms with van der Waals surface area (Å²) < 4.78 is 68.3. The molecule has 0 radical (unpaired) electrons. The molecule has 0 spiro atoms. The van der Waals surface area contributed by atoms with E-state index in [0.29, 0.717) is 11.4 Å². The fourth-order valence-electron chi connectivity index (χ4n) is 5.80. The largest absolute Gasteiger partial charge is 0.463 e. The van der Waals surface area contributed by atoms with Gasteiger partial charge < -0.3 is 24.1 Å². The maximum absolute atomic E-state index is 14.0. The molecule has 2 aliphatic heterocycles. The molecule has 47 heavy (non-hydrogen) atoms. The summed E-state index contributed by atoms with van der Waals surface area (Å²) in [6.45, 7) is 3.48. The number of nitrogens with zero attached hydrogens (tertiary/aromatic N) is 7. The molecule has 2 aliphatic rings. The summed E-state index contributed by atoms with van der Waals surface area (Å²) in [4.78, 5) is 16.0. The summed E-state index contributed by atoms with van der Waals surface area (Å²) in [6, 6.07) is 6.00. The molecule has 2 saturated heterocycles. The van der Waals surface area contributed by atoms with Crippen LogP contribution in [0, 0.1) is 23.4 Å². The van der Waals surface area contributed by atoms with E-state index in [-0.39, 0.29) is 37.0 Å². The SMILES string of the molecule is COC1C(SC2COCC(n3cc(-c4ccccn4)nn3)C2O)OC(COC(C)=O)C(C)C1n1cc(-c2cc(F)c(F)c(F)c2)nn1. The molecular formula is C30H32F3N7O6S. The number of rotatable bonds is 9. The minimum atomic E-state index is -1.58. The minimum absolute atomic E-state index is 0.00319. The molecule has 8 unspecified atom stereocenters. The van der Waals surface area contributed by atoms with Gasteiger partial charge in [-0.1, -0.05) is 23.4 Å². The Balaban J connectivity index is 1.25. The Bertz CT molecular complexity index is 1670. The first-order chi connectivity index (χ1) is 22.6. The summed E-state index contributed by atoms with van der Waals surface area (Å²) in [5.74, 6) is -5.15. The van der Waals surface area contributed by atoms with Gasteiger partial charge in [-0.2, -0.15) is 0 Å². The monoisotopic (exact) mass is 675 g/mol. The number of ether oxygens (including phenoxy) is 4. The highest BCUT2D eigenvalue weighted by atomic mass is 32.2. The Hall–Kier alpha value is -3.90. The van der Waals surface area contributed by atoms with Gasteiger partial charge in [-0.25, -0.2) is 22.5 Å². The zero-order valence-electron chi connectivity index (χ0n) is 25.5. The van der Waals surface area contributed by atoms with Gasteiger partial charge in [0.25, 0.3) is 0 Å². The second-order valence-electron chi connectivity index (χ2n) is 11.3. The quantitative estimate of drug-likeness (QED) is 0.205. The lowest BCUT2D eigenvalue weighted by atomic mass is 9.89. The van der Waals surface area contributed by atoms with E-state index in [4.69, 9.17) is 18.9 Å². The molecule has 0 bridgehead atoms. The lowest BCUT2D eigenvalue weighted by molar-refractivity contribution is -0.172. The van der Waals surface area contributed by atoms with Crippen LogP contribution in [0.15, 0.2) is 48.9 Å². The van der Waals surface area contributed by atoms with Gasteiger partial charge in [0, 0.05) is 31.7 Å². The number of carbonyl (C=O) groups excluding carboxylic acids is 1. The van der Waals surface area contributed by atoms with E-state index in [1.165, 1.54) is 36.7 Å². The van der Waals surface area contributed by atoms with Crippen LogP contribution in [0.3, 0.4) is 0 Å². The van der Waals surface area contributed by atoms with Crippen molar-refractivity contribution in [3.8, 4) is 22.6 Å². The van der Waals surface area contributed by atoms with Crippen LogP contribution in [0.1, 0.15) is 25.9 Å². The first-order valence-corrected chi connectivity index (χ1v) is 15.7. The number of methoxy groups -OCH3 is 1. The van der Waals surface area contributed by atoms with Gasteiger partial charge >= 0.3 is 5.97 Å². The van der Waals surface area contributed by atoms with Gasteiger partial charge in [0.05, 0.1) is 54.8 Å². The molecule has 250 valence electrons. The van der Waals surface area contributed by atoms with Crippen LogP contribution in [0.2, 0.25) is 0 Å². The van der Waals surface area contributed by atoms with E-state index in [9.17, 15) is 23.1 Å². The smallest absolute Gasteiger partial charge is 0.302 e. The average Bonchev–Trinajstić information content (AvgIpc) is 3.75. The normalized spacial score (nSPS) is 27.9. The van der Waals surface area contributed by atoms with Crippen LogP contribution in [0.5, 0.6) is 0 Å². The van der Waals surface area contributed by atoms with Gasteiger partial charge in [-0.15, -0.1) is 22.0 Å². The molecule has 4 aromatic rings. The molecule has 3 aromatic heterocycles. The van der Waals surface area contributed by atoms with Crippen LogP contribution in [0.25, 0.3) is 22.6 Å². The van der Waals surface area contributed by atoms with Gasteiger partial charge in [-0.05, 0) is 24.3 Å². The predicted octanol–water partition coefficient (Wildman–Crippen LogP) is 3.23. The van der Waals surface area contributed by atoms with Crippen LogP contribution < -0.4 is 0 Å². The Labute approximate surface area is 271 Å². The molecule has 5 heterocycles. The van der Waals surface area contributed by atoms with Crippen LogP contribution in [-0.2, 0) is 23.7 Å². The molecule has 13 nitrogen and oxygen atoms in total. The highest BCUT2D eigenvalue weighted by Crippen LogP contribution is 2.43. The molecule has 2 fully saturated rings. The van der Waals surface area contributed by atoms with Crippen molar-refractivity contribution in [3.63, 3.8) is 0 Å². The van der Waals surface area contributed by atoms with Crippen molar-refractivity contribution in [1.29, 1.82) is 0 Å².